The Kier molecular flexibility index (Phi) is 5.01. The van der Waals surface area contributed by atoms with Crippen LogP contribution in [-0.4, -0.2) is 24.4 Å². The number of benzene rings is 3. The van der Waals surface area contributed by atoms with Crippen LogP contribution in [-0.2, 0) is 10.0 Å². The van der Waals surface area contributed by atoms with Crippen LogP contribution in [0.3, 0.4) is 0 Å². The summed E-state index contributed by atoms with van der Waals surface area (Å²) in [5, 5.41) is 8.78. The molecule has 3 aromatic carbocycles. The molecule has 0 aliphatic rings. The molecule has 0 fully saturated rings. The molecule has 0 spiro atoms. The zero-order chi connectivity index (χ0) is 21.3. The number of rotatable bonds is 5. The number of sulfonamides is 1. The van der Waals surface area contributed by atoms with Gasteiger partial charge in [-0.2, -0.15) is 13.5 Å². The van der Waals surface area contributed by atoms with Gasteiger partial charge in [0.25, 0.3) is 15.6 Å². The first-order chi connectivity index (χ1) is 14.4. The van der Waals surface area contributed by atoms with Crippen molar-refractivity contribution in [3.8, 4) is 5.69 Å². The summed E-state index contributed by atoms with van der Waals surface area (Å²) >= 11 is 0. The van der Waals surface area contributed by atoms with Crippen molar-refractivity contribution in [1.82, 2.24) is 14.6 Å². The minimum Gasteiger partial charge on any atom is -0.295 e. The van der Waals surface area contributed by atoms with Crippen molar-refractivity contribution in [3.63, 3.8) is 0 Å². The first-order valence-electron chi connectivity index (χ1n) is 9.28. The lowest BCUT2D eigenvalue weighted by atomic mass is 10.1. The Morgan fingerprint density at radius 1 is 0.967 bits per heavy atom. The van der Waals surface area contributed by atoms with E-state index in [9.17, 15) is 13.2 Å². The van der Waals surface area contributed by atoms with Crippen molar-refractivity contribution in [2.75, 3.05) is 0 Å². The Balaban J connectivity index is 1.66. The van der Waals surface area contributed by atoms with Crippen molar-refractivity contribution in [3.05, 3.63) is 93.9 Å². The molecule has 1 aromatic heterocycles. The molecule has 0 amide bonds. The van der Waals surface area contributed by atoms with Gasteiger partial charge in [-0.25, -0.2) is 9.51 Å². The van der Waals surface area contributed by atoms with E-state index in [-0.39, 0.29) is 16.0 Å². The van der Waals surface area contributed by atoms with Gasteiger partial charge in [-0.3, -0.25) is 9.89 Å². The number of aryl methyl sites for hydroxylation is 2. The second kappa shape index (κ2) is 7.64. The highest BCUT2D eigenvalue weighted by Gasteiger charge is 2.14. The molecule has 0 saturated heterocycles. The van der Waals surface area contributed by atoms with Crippen LogP contribution < -0.4 is 10.4 Å². The highest BCUT2D eigenvalue weighted by Crippen LogP contribution is 2.21. The number of fused-ring (bicyclic) bond motifs is 1. The summed E-state index contributed by atoms with van der Waals surface area (Å²) in [7, 11) is -3.81. The lowest BCUT2D eigenvalue weighted by Gasteiger charge is -2.06. The van der Waals surface area contributed by atoms with E-state index >= 15 is 0 Å². The molecular weight excluding hydrogens is 400 g/mol. The molecule has 0 aliphatic carbocycles. The second-order valence-corrected chi connectivity index (χ2v) is 8.62. The van der Waals surface area contributed by atoms with Crippen LogP contribution in [0.15, 0.2) is 81.5 Å². The molecule has 7 nitrogen and oxygen atoms in total. The summed E-state index contributed by atoms with van der Waals surface area (Å²) in [4.78, 5) is 15.2. The Morgan fingerprint density at radius 2 is 1.67 bits per heavy atom. The van der Waals surface area contributed by atoms with Crippen LogP contribution in [0.2, 0.25) is 0 Å². The van der Waals surface area contributed by atoms with E-state index in [1.54, 1.807) is 19.1 Å². The van der Waals surface area contributed by atoms with Gasteiger partial charge in [0.15, 0.2) is 0 Å². The summed E-state index contributed by atoms with van der Waals surface area (Å²) in [5.41, 5.74) is 2.19. The number of hydrogen-bond acceptors (Lipinski definition) is 4. The third-order valence-electron chi connectivity index (χ3n) is 4.82. The van der Waals surface area contributed by atoms with Crippen LogP contribution in [0.25, 0.3) is 16.5 Å². The van der Waals surface area contributed by atoms with E-state index in [0.717, 1.165) is 16.3 Å². The van der Waals surface area contributed by atoms with Gasteiger partial charge in [0, 0.05) is 11.1 Å². The SMILES string of the molecule is Cc1ccc(S(=O)(=O)NN=Cc2c(C)[nH]n(-c3cccc4ccccc34)c2=O)cc1. The third kappa shape index (κ3) is 3.65. The number of aromatic nitrogens is 2. The summed E-state index contributed by atoms with van der Waals surface area (Å²) in [6.45, 7) is 3.61. The molecule has 152 valence electrons. The van der Waals surface area contributed by atoms with E-state index in [1.165, 1.54) is 23.0 Å². The number of H-pyrrole nitrogens is 1. The van der Waals surface area contributed by atoms with Crippen molar-refractivity contribution in [1.29, 1.82) is 0 Å². The zero-order valence-electron chi connectivity index (χ0n) is 16.5. The predicted molar refractivity (Wildman–Crippen MR) is 118 cm³/mol. The Hall–Kier alpha value is -3.65. The minimum absolute atomic E-state index is 0.101. The summed E-state index contributed by atoms with van der Waals surface area (Å²) < 4.78 is 26.2. The predicted octanol–water partition coefficient (Wildman–Crippen LogP) is 3.25. The highest BCUT2D eigenvalue weighted by atomic mass is 32.2. The first kappa shape index (κ1) is 19.7. The van der Waals surface area contributed by atoms with E-state index in [4.69, 9.17) is 0 Å². The minimum atomic E-state index is -3.81. The van der Waals surface area contributed by atoms with Gasteiger partial charge < -0.3 is 0 Å². The van der Waals surface area contributed by atoms with E-state index < -0.39 is 10.0 Å². The molecule has 0 bridgehead atoms. The molecule has 1 heterocycles. The summed E-state index contributed by atoms with van der Waals surface area (Å²) in [6, 6.07) is 19.9. The van der Waals surface area contributed by atoms with Gasteiger partial charge >= 0.3 is 0 Å². The highest BCUT2D eigenvalue weighted by molar-refractivity contribution is 7.89. The fraction of sp³-hybridized carbons (Fsp3) is 0.0909. The van der Waals surface area contributed by atoms with Crippen LogP contribution in [0.4, 0.5) is 0 Å². The van der Waals surface area contributed by atoms with E-state index in [1.807, 2.05) is 49.4 Å². The molecule has 0 unspecified atom stereocenters. The van der Waals surface area contributed by atoms with Gasteiger partial charge in [0.2, 0.25) is 0 Å². The normalized spacial score (nSPS) is 11.9. The maximum atomic E-state index is 13.0. The lowest BCUT2D eigenvalue weighted by molar-refractivity contribution is 0.584. The number of nitrogens with zero attached hydrogens (tertiary/aromatic N) is 2. The molecule has 4 aromatic rings. The molecule has 30 heavy (non-hydrogen) atoms. The average Bonchev–Trinajstić information content (AvgIpc) is 3.01. The van der Waals surface area contributed by atoms with Gasteiger partial charge in [0.1, 0.15) is 0 Å². The van der Waals surface area contributed by atoms with Crippen LogP contribution >= 0.6 is 0 Å². The topological polar surface area (TPSA) is 96.3 Å². The molecular formula is C22H20N4O3S. The van der Waals surface area contributed by atoms with Gasteiger partial charge in [-0.05, 0) is 37.4 Å². The molecule has 8 heteroatoms. The maximum absolute atomic E-state index is 13.0. The number of aromatic amines is 1. The second-order valence-electron chi connectivity index (χ2n) is 6.96. The van der Waals surface area contributed by atoms with Crippen molar-refractivity contribution in [2.45, 2.75) is 18.7 Å². The molecule has 2 N–H and O–H groups in total. The number of nitrogens with one attached hydrogen (secondary N) is 2. The van der Waals surface area contributed by atoms with Gasteiger partial charge in [0.05, 0.1) is 22.4 Å². The van der Waals surface area contributed by atoms with Crippen LogP contribution in [0.1, 0.15) is 16.8 Å². The van der Waals surface area contributed by atoms with Crippen molar-refractivity contribution < 1.29 is 8.42 Å². The first-order valence-corrected chi connectivity index (χ1v) is 10.8. The molecule has 4 rings (SSSR count). The molecule has 0 atom stereocenters. The van der Waals surface area contributed by atoms with Crippen molar-refractivity contribution >= 4 is 27.0 Å². The van der Waals surface area contributed by atoms with E-state index in [0.29, 0.717) is 11.4 Å². The maximum Gasteiger partial charge on any atom is 0.280 e. The smallest absolute Gasteiger partial charge is 0.280 e. The lowest BCUT2D eigenvalue weighted by Crippen LogP contribution is -2.20. The monoisotopic (exact) mass is 420 g/mol. The average molecular weight is 420 g/mol. The molecule has 0 saturated carbocycles. The fourth-order valence-corrected chi connectivity index (χ4v) is 4.01. The van der Waals surface area contributed by atoms with Gasteiger partial charge in [-0.15, -0.1) is 0 Å². The van der Waals surface area contributed by atoms with Gasteiger partial charge in [-0.1, -0.05) is 54.1 Å². The van der Waals surface area contributed by atoms with Crippen LogP contribution in [0, 0.1) is 13.8 Å². The Bertz CT molecular complexity index is 1410. The molecule has 0 radical (unpaired) electrons. The van der Waals surface area contributed by atoms with Crippen molar-refractivity contribution in [2.24, 2.45) is 5.10 Å². The molecule has 0 aliphatic heterocycles. The quantitative estimate of drug-likeness (QED) is 0.383. The standard InChI is InChI=1S/C22H20N4O3S/c1-15-10-12-18(13-11-15)30(28,29)25-23-14-20-16(2)24-26(22(20)27)21-9-5-7-17-6-3-4-8-19(17)21/h3-14,24-25H,1-2H3. The Morgan fingerprint density at radius 3 is 2.43 bits per heavy atom. The number of hydrazone groups is 1. The largest absolute Gasteiger partial charge is 0.295 e. The number of hydrogen-bond donors (Lipinski definition) is 2. The van der Waals surface area contributed by atoms with Crippen LogP contribution in [0.5, 0.6) is 0 Å². The summed E-state index contributed by atoms with van der Waals surface area (Å²) in [5.74, 6) is 0. The fourth-order valence-electron chi connectivity index (χ4n) is 3.21. The summed E-state index contributed by atoms with van der Waals surface area (Å²) in [6.07, 6.45) is 1.22. The third-order valence-corrected chi connectivity index (χ3v) is 6.06. The van der Waals surface area contributed by atoms with E-state index in [2.05, 4.69) is 15.0 Å². The Labute approximate surface area is 173 Å². The zero-order valence-corrected chi connectivity index (χ0v) is 17.3.